The number of unbranched alkanes of at least 4 members (excludes halogenated alkanes) is 1. The van der Waals surface area contributed by atoms with Crippen LogP contribution in [0, 0.1) is 11.8 Å². The van der Waals surface area contributed by atoms with Gasteiger partial charge in [0, 0.05) is 6.04 Å². The van der Waals surface area contributed by atoms with Crippen molar-refractivity contribution in [2.75, 3.05) is 33.7 Å². The van der Waals surface area contributed by atoms with Crippen molar-refractivity contribution in [3.05, 3.63) is 0 Å². The second kappa shape index (κ2) is 11.6. The van der Waals surface area contributed by atoms with Crippen LogP contribution in [-0.4, -0.2) is 49.6 Å². The highest BCUT2D eigenvalue weighted by Gasteiger charge is 2.13. The number of rotatable bonds is 12. The highest BCUT2D eigenvalue weighted by molar-refractivity contribution is 4.69. The SMILES string of the molecule is CCN(CCCCC(CC(C)C)N(C)C)CCC(C)C. The summed E-state index contributed by atoms with van der Waals surface area (Å²) in [4.78, 5) is 5.03. The summed E-state index contributed by atoms with van der Waals surface area (Å²) in [5.74, 6) is 1.63. The Kier molecular flexibility index (Phi) is 11.5. The van der Waals surface area contributed by atoms with Crippen molar-refractivity contribution in [3.8, 4) is 0 Å². The van der Waals surface area contributed by atoms with Crippen molar-refractivity contribution in [3.63, 3.8) is 0 Å². The van der Waals surface area contributed by atoms with E-state index in [1.54, 1.807) is 0 Å². The fourth-order valence-corrected chi connectivity index (χ4v) is 2.72. The highest BCUT2D eigenvalue weighted by atomic mass is 15.1. The fourth-order valence-electron chi connectivity index (χ4n) is 2.72. The van der Waals surface area contributed by atoms with Crippen molar-refractivity contribution in [2.24, 2.45) is 11.8 Å². The van der Waals surface area contributed by atoms with E-state index in [9.17, 15) is 0 Å². The van der Waals surface area contributed by atoms with Crippen molar-refractivity contribution in [2.45, 2.75) is 72.8 Å². The zero-order valence-corrected chi connectivity index (χ0v) is 15.3. The number of hydrogen-bond acceptors (Lipinski definition) is 2. The van der Waals surface area contributed by atoms with E-state index in [1.165, 1.54) is 51.7 Å². The molecule has 1 unspecified atom stereocenters. The van der Waals surface area contributed by atoms with Gasteiger partial charge in [0.05, 0.1) is 0 Å². The third-order valence-electron chi connectivity index (χ3n) is 4.21. The van der Waals surface area contributed by atoms with Gasteiger partial charge in [-0.3, -0.25) is 0 Å². The Morgan fingerprint density at radius 3 is 1.90 bits per heavy atom. The molecule has 2 nitrogen and oxygen atoms in total. The molecule has 0 aromatic carbocycles. The molecular formula is C18H40N2. The lowest BCUT2D eigenvalue weighted by molar-refractivity contribution is 0.225. The van der Waals surface area contributed by atoms with Crippen LogP contribution in [0.5, 0.6) is 0 Å². The summed E-state index contributed by atoms with van der Waals surface area (Å²) in [6, 6.07) is 0.765. The van der Waals surface area contributed by atoms with E-state index in [1.807, 2.05) is 0 Å². The smallest absolute Gasteiger partial charge is 0.00916 e. The summed E-state index contributed by atoms with van der Waals surface area (Å²) in [5, 5.41) is 0. The van der Waals surface area contributed by atoms with Gasteiger partial charge in [-0.15, -0.1) is 0 Å². The summed E-state index contributed by atoms with van der Waals surface area (Å²) in [6.07, 6.45) is 6.74. The average Bonchev–Trinajstić information content (AvgIpc) is 2.35. The number of hydrogen-bond donors (Lipinski definition) is 0. The maximum absolute atomic E-state index is 2.62. The minimum atomic E-state index is 0.765. The molecule has 0 saturated carbocycles. The summed E-state index contributed by atoms with van der Waals surface area (Å²) in [7, 11) is 4.46. The maximum Gasteiger partial charge on any atom is 0.00916 e. The highest BCUT2D eigenvalue weighted by Crippen LogP contribution is 2.15. The normalized spacial score (nSPS) is 13.9. The van der Waals surface area contributed by atoms with E-state index in [-0.39, 0.29) is 0 Å². The van der Waals surface area contributed by atoms with Crippen molar-refractivity contribution >= 4 is 0 Å². The van der Waals surface area contributed by atoms with Crippen molar-refractivity contribution in [1.29, 1.82) is 0 Å². The first-order chi connectivity index (χ1) is 9.36. The topological polar surface area (TPSA) is 6.48 Å². The molecule has 0 bridgehead atoms. The summed E-state index contributed by atoms with van der Waals surface area (Å²) < 4.78 is 0. The monoisotopic (exact) mass is 284 g/mol. The van der Waals surface area contributed by atoms with E-state index in [0.717, 1.165) is 17.9 Å². The largest absolute Gasteiger partial charge is 0.306 e. The molecule has 0 spiro atoms. The second-order valence-corrected chi connectivity index (χ2v) is 7.36. The molecule has 0 aromatic rings. The van der Waals surface area contributed by atoms with Gasteiger partial charge < -0.3 is 9.80 Å². The van der Waals surface area contributed by atoms with E-state index >= 15 is 0 Å². The Morgan fingerprint density at radius 1 is 0.800 bits per heavy atom. The summed E-state index contributed by atoms with van der Waals surface area (Å²) >= 11 is 0. The summed E-state index contributed by atoms with van der Waals surface area (Å²) in [6.45, 7) is 15.4. The second-order valence-electron chi connectivity index (χ2n) is 7.36. The number of nitrogens with zero attached hydrogens (tertiary/aromatic N) is 2. The van der Waals surface area contributed by atoms with E-state index in [4.69, 9.17) is 0 Å². The van der Waals surface area contributed by atoms with Gasteiger partial charge in [-0.05, 0) is 71.2 Å². The van der Waals surface area contributed by atoms with Gasteiger partial charge in [0.2, 0.25) is 0 Å². The fraction of sp³-hybridized carbons (Fsp3) is 1.00. The molecule has 1 atom stereocenters. The molecule has 0 aliphatic rings. The minimum absolute atomic E-state index is 0.765. The zero-order chi connectivity index (χ0) is 15.5. The molecule has 122 valence electrons. The van der Waals surface area contributed by atoms with E-state index in [2.05, 4.69) is 58.5 Å². The van der Waals surface area contributed by atoms with Crippen molar-refractivity contribution < 1.29 is 0 Å². The third-order valence-corrected chi connectivity index (χ3v) is 4.21. The Labute approximate surface area is 128 Å². The molecule has 0 fully saturated rings. The van der Waals surface area contributed by atoms with Gasteiger partial charge in [0.1, 0.15) is 0 Å². The van der Waals surface area contributed by atoms with Crippen LogP contribution in [-0.2, 0) is 0 Å². The first-order valence-electron chi connectivity index (χ1n) is 8.75. The molecule has 0 rings (SSSR count). The van der Waals surface area contributed by atoms with Gasteiger partial charge in [-0.25, -0.2) is 0 Å². The standard InChI is InChI=1S/C18H40N2/c1-8-20(14-12-16(2)3)13-10-9-11-18(19(6)7)15-17(4)5/h16-18H,8-15H2,1-7H3. The van der Waals surface area contributed by atoms with Crippen LogP contribution in [0.25, 0.3) is 0 Å². The predicted molar refractivity (Wildman–Crippen MR) is 92.4 cm³/mol. The first-order valence-corrected chi connectivity index (χ1v) is 8.75. The molecule has 0 aliphatic carbocycles. The Hall–Kier alpha value is -0.0800. The Bertz CT molecular complexity index is 211. The molecule has 0 radical (unpaired) electrons. The first kappa shape index (κ1) is 19.9. The Morgan fingerprint density at radius 2 is 1.45 bits per heavy atom. The summed E-state index contributed by atoms with van der Waals surface area (Å²) in [5.41, 5.74) is 0. The van der Waals surface area contributed by atoms with Gasteiger partial charge in [-0.1, -0.05) is 41.0 Å². The van der Waals surface area contributed by atoms with Crippen LogP contribution >= 0.6 is 0 Å². The minimum Gasteiger partial charge on any atom is -0.306 e. The van der Waals surface area contributed by atoms with Crippen LogP contribution in [0.15, 0.2) is 0 Å². The van der Waals surface area contributed by atoms with E-state index in [0.29, 0.717) is 0 Å². The van der Waals surface area contributed by atoms with Gasteiger partial charge in [-0.2, -0.15) is 0 Å². The van der Waals surface area contributed by atoms with Crippen LogP contribution < -0.4 is 0 Å². The van der Waals surface area contributed by atoms with Gasteiger partial charge in [0.25, 0.3) is 0 Å². The molecular weight excluding hydrogens is 244 g/mol. The molecule has 2 heteroatoms. The van der Waals surface area contributed by atoms with E-state index < -0.39 is 0 Å². The lowest BCUT2D eigenvalue weighted by Crippen LogP contribution is -2.30. The zero-order valence-electron chi connectivity index (χ0n) is 15.3. The quantitative estimate of drug-likeness (QED) is 0.487. The van der Waals surface area contributed by atoms with Crippen molar-refractivity contribution in [1.82, 2.24) is 9.80 Å². The molecule has 0 aliphatic heterocycles. The maximum atomic E-state index is 2.62. The third kappa shape index (κ3) is 10.7. The van der Waals surface area contributed by atoms with Gasteiger partial charge >= 0.3 is 0 Å². The lowest BCUT2D eigenvalue weighted by Gasteiger charge is -2.27. The molecule has 0 heterocycles. The average molecular weight is 285 g/mol. The van der Waals surface area contributed by atoms with Crippen LogP contribution in [0.2, 0.25) is 0 Å². The molecule has 20 heavy (non-hydrogen) atoms. The molecule has 0 N–H and O–H groups in total. The van der Waals surface area contributed by atoms with Crippen LogP contribution in [0.1, 0.15) is 66.7 Å². The van der Waals surface area contributed by atoms with Gasteiger partial charge in [0.15, 0.2) is 0 Å². The lowest BCUT2D eigenvalue weighted by atomic mass is 9.98. The van der Waals surface area contributed by atoms with Crippen LogP contribution in [0.4, 0.5) is 0 Å². The molecule has 0 saturated heterocycles. The molecule has 0 aromatic heterocycles. The Balaban J connectivity index is 3.84. The molecule has 0 amide bonds. The van der Waals surface area contributed by atoms with Crippen LogP contribution in [0.3, 0.4) is 0 Å². The predicted octanol–water partition coefficient (Wildman–Crippen LogP) is 4.50.